The number of carbonyl (C=O) groups is 1. The number of hydrogen-bond acceptors (Lipinski definition) is 5. The molecule has 0 aliphatic carbocycles. The lowest BCUT2D eigenvalue weighted by Gasteiger charge is -2.04. The number of halogens is 2. The summed E-state index contributed by atoms with van der Waals surface area (Å²) < 4.78 is 6.66. The average molecular weight is 518 g/mol. The van der Waals surface area contributed by atoms with Crippen molar-refractivity contribution in [3.05, 3.63) is 54.9 Å². The van der Waals surface area contributed by atoms with Crippen molar-refractivity contribution in [3.63, 3.8) is 0 Å². The van der Waals surface area contributed by atoms with Crippen molar-refractivity contribution in [2.45, 2.75) is 5.22 Å². The lowest BCUT2D eigenvalue weighted by Crippen LogP contribution is -1.97. The zero-order valence-corrected chi connectivity index (χ0v) is 16.4. The highest BCUT2D eigenvalue weighted by Crippen LogP contribution is 2.34. The molecule has 122 valence electrons. The van der Waals surface area contributed by atoms with Gasteiger partial charge in [0.1, 0.15) is 16.2 Å². The van der Waals surface area contributed by atoms with Crippen LogP contribution in [0.1, 0.15) is 5.56 Å². The normalized spacial score (nSPS) is 11.8. The van der Waals surface area contributed by atoms with E-state index in [2.05, 4.69) is 20.9 Å². The number of nitrogens with zero attached hydrogens (tertiary/aromatic N) is 1. The Morgan fingerprint density at radius 2 is 2.08 bits per heavy atom. The van der Waals surface area contributed by atoms with E-state index < -0.39 is 5.97 Å². The fraction of sp³-hybridized carbons (Fsp3) is 0. The highest BCUT2D eigenvalue weighted by atomic mass is 127. The van der Waals surface area contributed by atoms with Crippen LogP contribution in [-0.2, 0) is 4.79 Å². The number of phenolic OH excluding ortho intramolecular Hbond substituents is 1. The Hall–Kier alpha value is -1.52. The molecule has 0 saturated heterocycles. The number of para-hydroxylation sites is 2. The van der Waals surface area contributed by atoms with Gasteiger partial charge in [0.2, 0.25) is 0 Å². The second kappa shape index (κ2) is 7.16. The van der Waals surface area contributed by atoms with E-state index >= 15 is 0 Å². The standard InChI is InChI=1S/C16H9BrINO4S/c17-9-5-8(6-10(18)14(9)20)7-13(15(21)22)24-16-19-11-3-1-2-4-12(11)23-16/h1-7,20H,(H,21,22)/b13-7-. The van der Waals surface area contributed by atoms with E-state index in [1.54, 1.807) is 24.3 Å². The van der Waals surface area contributed by atoms with Crippen LogP contribution in [0.5, 0.6) is 5.75 Å². The molecule has 0 fully saturated rings. The molecule has 1 heterocycles. The Bertz CT molecular complexity index is 914. The van der Waals surface area contributed by atoms with Gasteiger partial charge in [-0.25, -0.2) is 9.78 Å². The lowest BCUT2D eigenvalue weighted by atomic mass is 10.2. The molecule has 0 aliphatic heterocycles. The Labute approximate surface area is 163 Å². The maximum Gasteiger partial charge on any atom is 0.342 e. The van der Waals surface area contributed by atoms with E-state index in [0.717, 1.165) is 11.8 Å². The monoisotopic (exact) mass is 517 g/mol. The first-order chi connectivity index (χ1) is 11.4. The van der Waals surface area contributed by atoms with Crippen LogP contribution in [0.15, 0.2) is 55.4 Å². The van der Waals surface area contributed by atoms with E-state index in [9.17, 15) is 15.0 Å². The van der Waals surface area contributed by atoms with Gasteiger partial charge in [0.25, 0.3) is 5.22 Å². The molecule has 5 nitrogen and oxygen atoms in total. The number of carboxylic acids is 1. The quantitative estimate of drug-likeness (QED) is 0.284. The number of thioether (sulfide) groups is 1. The fourth-order valence-corrected chi connectivity index (χ4v) is 4.19. The molecule has 0 unspecified atom stereocenters. The van der Waals surface area contributed by atoms with Gasteiger partial charge in [0.05, 0.1) is 8.04 Å². The number of phenols is 1. The molecule has 24 heavy (non-hydrogen) atoms. The van der Waals surface area contributed by atoms with Crippen LogP contribution in [0.2, 0.25) is 0 Å². The number of aromatic nitrogens is 1. The summed E-state index contributed by atoms with van der Waals surface area (Å²) in [6, 6.07) is 10.6. The number of benzene rings is 2. The summed E-state index contributed by atoms with van der Waals surface area (Å²) in [6.45, 7) is 0. The lowest BCUT2D eigenvalue weighted by molar-refractivity contribution is -0.131. The average Bonchev–Trinajstić information content (AvgIpc) is 2.94. The highest BCUT2D eigenvalue weighted by Gasteiger charge is 2.15. The molecule has 0 saturated carbocycles. The molecule has 8 heteroatoms. The van der Waals surface area contributed by atoms with Crippen LogP contribution in [0, 0.1) is 3.57 Å². The highest BCUT2D eigenvalue weighted by molar-refractivity contribution is 14.1. The van der Waals surface area contributed by atoms with E-state index in [-0.39, 0.29) is 15.9 Å². The maximum atomic E-state index is 11.5. The molecule has 2 aromatic carbocycles. The molecule has 3 rings (SSSR count). The molecular formula is C16H9BrINO4S. The number of carboxylic acid groups (broad SMARTS) is 1. The third-order valence-electron chi connectivity index (χ3n) is 3.02. The van der Waals surface area contributed by atoms with Crippen molar-refractivity contribution in [1.29, 1.82) is 0 Å². The van der Waals surface area contributed by atoms with Crippen LogP contribution in [0.4, 0.5) is 0 Å². The molecule has 3 aromatic rings. The third-order valence-corrected chi connectivity index (χ3v) is 5.31. The predicted molar refractivity (Wildman–Crippen MR) is 104 cm³/mol. The molecule has 0 spiro atoms. The van der Waals surface area contributed by atoms with Gasteiger partial charge in [-0.3, -0.25) is 0 Å². The van der Waals surface area contributed by atoms with E-state index in [1.165, 1.54) is 6.08 Å². The van der Waals surface area contributed by atoms with Gasteiger partial charge in [0.15, 0.2) is 5.58 Å². The molecule has 0 atom stereocenters. The summed E-state index contributed by atoms with van der Waals surface area (Å²) in [7, 11) is 0. The number of aliphatic carboxylic acids is 1. The van der Waals surface area contributed by atoms with Crippen LogP contribution >= 0.6 is 50.3 Å². The molecule has 0 radical (unpaired) electrons. The smallest absolute Gasteiger partial charge is 0.342 e. The zero-order valence-electron chi connectivity index (χ0n) is 11.9. The van der Waals surface area contributed by atoms with E-state index in [4.69, 9.17) is 4.42 Å². The predicted octanol–water partition coefficient (Wildman–Crippen LogP) is 5.12. The Morgan fingerprint density at radius 1 is 1.33 bits per heavy atom. The topological polar surface area (TPSA) is 83.6 Å². The van der Waals surface area contributed by atoms with Gasteiger partial charge >= 0.3 is 5.97 Å². The SMILES string of the molecule is O=C(O)/C(=C/c1cc(Br)c(O)c(I)c1)Sc1nc2ccccc2o1. The molecule has 0 bridgehead atoms. The number of rotatable bonds is 4. The number of hydrogen-bond donors (Lipinski definition) is 2. The van der Waals surface area contributed by atoms with Crippen molar-refractivity contribution in [3.8, 4) is 5.75 Å². The second-order valence-electron chi connectivity index (χ2n) is 4.70. The Balaban J connectivity index is 1.96. The molecular weight excluding hydrogens is 509 g/mol. The Kier molecular flexibility index (Phi) is 5.16. The summed E-state index contributed by atoms with van der Waals surface area (Å²) in [5, 5.41) is 19.5. The van der Waals surface area contributed by atoms with Gasteiger partial charge in [-0.05, 0) is 86.2 Å². The number of aromatic hydroxyl groups is 1. The van der Waals surface area contributed by atoms with Crippen LogP contribution in [-0.4, -0.2) is 21.2 Å². The summed E-state index contributed by atoms with van der Waals surface area (Å²) in [6.07, 6.45) is 1.51. The first-order valence-electron chi connectivity index (χ1n) is 6.60. The minimum absolute atomic E-state index is 0.0648. The van der Waals surface area contributed by atoms with Crippen molar-refractivity contribution in [2.75, 3.05) is 0 Å². The minimum Gasteiger partial charge on any atom is -0.506 e. The van der Waals surface area contributed by atoms with Gasteiger partial charge in [-0.15, -0.1) is 0 Å². The van der Waals surface area contributed by atoms with Crippen molar-refractivity contribution >= 4 is 73.4 Å². The van der Waals surface area contributed by atoms with Gasteiger partial charge < -0.3 is 14.6 Å². The van der Waals surface area contributed by atoms with Crippen LogP contribution in [0.3, 0.4) is 0 Å². The van der Waals surface area contributed by atoms with Crippen molar-refractivity contribution in [2.24, 2.45) is 0 Å². The van der Waals surface area contributed by atoms with E-state index in [1.807, 2.05) is 34.7 Å². The molecule has 0 aliphatic rings. The molecule has 0 amide bonds. The zero-order chi connectivity index (χ0) is 17.3. The van der Waals surface area contributed by atoms with Gasteiger partial charge in [0, 0.05) is 0 Å². The summed E-state index contributed by atoms with van der Waals surface area (Å²) >= 11 is 6.16. The van der Waals surface area contributed by atoms with Gasteiger partial charge in [-0.2, -0.15) is 0 Å². The van der Waals surface area contributed by atoms with Crippen LogP contribution < -0.4 is 0 Å². The summed E-state index contributed by atoms with van der Waals surface area (Å²) in [5.74, 6) is -0.960. The van der Waals surface area contributed by atoms with Crippen molar-refractivity contribution in [1.82, 2.24) is 4.98 Å². The Morgan fingerprint density at radius 3 is 2.75 bits per heavy atom. The first kappa shape index (κ1) is 17.3. The second-order valence-corrected chi connectivity index (χ2v) is 7.71. The fourth-order valence-electron chi connectivity index (χ4n) is 1.94. The largest absolute Gasteiger partial charge is 0.506 e. The summed E-state index contributed by atoms with van der Waals surface area (Å²) in [4.78, 5) is 15.9. The maximum absolute atomic E-state index is 11.5. The third kappa shape index (κ3) is 3.76. The minimum atomic E-state index is -1.08. The van der Waals surface area contributed by atoms with E-state index in [0.29, 0.717) is 24.7 Å². The van der Waals surface area contributed by atoms with Crippen molar-refractivity contribution < 1.29 is 19.4 Å². The van der Waals surface area contributed by atoms with Crippen LogP contribution in [0.25, 0.3) is 17.2 Å². The molecule has 1 aromatic heterocycles. The summed E-state index contributed by atoms with van der Waals surface area (Å²) in [5.41, 5.74) is 1.92. The van der Waals surface area contributed by atoms with Gasteiger partial charge in [-0.1, -0.05) is 12.1 Å². The first-order valence-corrected chi connectivity index (χ1v) is 9.29. The number of oxazole rings is 1. The number of fused-ring (bicyclic) bond motifs is 1. The molecule has 2 N–H and O–H groups in total.